The second-order valence-corrected chi connectivity index (χ2v) is 9.62. The fourth-order valence-electron chi connectivity index (χ4n) is 3.22. The Hall–Kier alpha value is -1.70. The maximum atomic E-state index is 12.9. The molecule has 138 valence electrons. The minimum atomic E-state index is -3.70. The molecule has 1 amide bonds. The summed E-state index contributed by atoms with van der Waals surface area (Å²) in [6.45, 7) is 3.67. The van der Waals surface area contributed by atoms with Crippen molar-refractivity contribution in [2.24, 2.45) is 0 Å². The van der Waals surface area contributed by atoms with Crippen LogP contribution in [0.15, 0.2) is 51.8 Å². The third-order valence-corrected chi connectivity index (χ3v) is 6.92. The Bertz CT molecular complexity index is 942. The number of hydrogen-bond acceptors (Lipinski definition) is 3. The van der Waals surface area contributed by atoms with Gasteiger partial charge in [0.1, 0.15) is 0 Å². The molecule has 0 aliphatic carbocycles. The number of carbonyl (C=O) groups is 1. The highest BCUT2D eigenvalue weighted by Crippen LogP contribution is 2.34. The van der Waals surface area contributed by atoms with Crippen LogP contribution in [0.25, 0.3) is 0 Å². The van der Waals surface area contributed by atoms with Crippen LogP contribution in [0.4, 0.5) is 5.69 Å². The summed E-state index contributed by atoms with van der Waals surface area (Å²) >= 11 is 3.45. The first-order valence-corrected chi connectivity index (χ1v) is 10.6. The van der Waals surface area contributed by atoms with E-state index in [1.54, 1.807) is 29.2 Å². The molecule has 5 nitrogen and oxygen atoms in total. The largest absolute Gasteiger partial charge is 0.308 e. The molecule has 1 atom stereocenters. The van der Waals surface area contributed by atoms with Gasteiger partial charge in [0, 0.05) is 23.2 Å². The van der Waals surface area contributed by atoms with Crippen LogP contribution in [-0.2, 0) is 21.2 Å². The van der Waals surface area contributed by atoms with Gasteiger partial charge in [-0.2, -0.15) is 4.31 Å². The van der Waals surface area contributed by atoms with E-state index >= 15 is 0 Å². The van der Waals surface area contributed by atoms with E-state index in [1.807, 2.05) is 32.0 Å². The third-order valence-electron chi connectivity index (χ3n) is 4.61. The normalized spacial score (nSPS) is 16.8. The van der Waals surface area contributed by atoms with Gasteiger partial charge in [-0.1, -0.05) is 33.6 Å². The zero-order valence-electron chi connectivity index (χ0n) is 14.9. The Morgan fingerprint density at radius 3 is 2.54 bits per heavy atom. The molecule has 0 saturated heterocycles. The van der Waals surface area contributed by atoms with Crippen molar-refractivity contribution < 1.29 is 13.2 Å². The van der Waals surface area contributed by atoms with Crippen molar-refractivity contribution >= 4 is 37.5 Å². The highest BCUT2D eigenvalue weighted by atomic mass is 79.9. The molecule has 0 bridgehead atoms. The van der Waals surface area contributed by atoms with Gasteiger partial charge in [0.25, 0.3) is 0 Å². The van der Waals surface area contributed by atoms with Crippen LogP contribution in [0.5, 0.6) is 0 Å². The van der Waals surface area contributed by atoms with Crippen molar-refractivity contribution in [2.75, 3.05) is 18.5 Å². The van der Waals surface area contributed by atoms with Gasteiger partial charge in [-0.05, 0) is 56.2 Å². The molecule has 26 heavy (non-hydrogen) atoms. The van der Waals surface area contributed by atoms with Crippen molar-refractivity contribution in [3.63, 3.8) is 0 Å². The molecule has 2 aromatic rings. The van der Waals surface area contributed by atoms with Crippen molar-refractivity contribution in [2.45, 2.75) is 31.2 Å². The summed E-state index contributed by atoms with van der Waals surface area (Å²) in [5.74, 6) is -0.225. The van der Waals surface area contributed by atoms with Gasteiger partial charge >= 0.3 is 0 Å². The lowest BCUT2D eigenvalue weighted by Crippen LogP contribution is -2.43. The van der Waals surface area contributed by atoms with Gasteiger partial charge in [0.2, 0.25) is 15.9 Å². The zero-order valence-corrected chi connectivity index (χ0v) is 17.3. The molecule has 0 N–H and O–H groups in total. The molecule has 3 rings (SSSR count). The van der Waals surface area contributed by atoms with E-state index < -0.39 is 10.0 Å². The standard InChI is InChI=1S/C19H21BrN2O3S/c1-13-4-7-17(8-5-13)26(24,25)21(3)12-19(23)22-14(2)10-15-11-16(20)6-9-18(15)22/h4-9,11,14H,10,12H2,1-3H3/t14-/m1/s1. The molecule has 1 aliphatic heterocycles. The molecule has 0 unspecified atom stereocenters. The molecule has 0 saturated carbocycles. The topological polar surface area (TPSA) is 57.7 Å². The number of likely N-dealkylation sites (N-methyl/N-ethyl adjacent to an activating group) is 1. The maximum absolute atomic E-state index is 12.9. The average Bonchev–Trinajstić information content (AvgIpc) is 2.89. The summed E-state index contributed by atoms with van der Waals surface area (Å²) in [6, 6.07) is 12.4. The van der Waals surface area contributed by atoms with Gasteiger partial charge in [0.05, 0.1) is 11.4 Å². The zero-order chi connectivity index (χ0) is 19.1. The highest BCUT2D eigenvalue weighted by Gasteiger charge is 2.33. The summed E-state index contributed by atoms with van der Waals surface area (Å²) < 4.78 is 27.5. The van der Waals surface area contributed by atoms with Crippen LogP contribution >= 0.6 is 15.9 Å². The molecule has 0 spiro atoms. The fraction of sp³-hybridized carbons (Fsp3) is 0.316. The smallest absolute Gasteiger partial charge is 0.243 e. The van der Waals surface area contributed by atoms with Crippen molar-refractivity contribution in [1.82, 2.24) is 4.31 Å². The summed E-state index contributed by atoms with van der Waals surface area (Å²) in [4.78, 5) is 14.7. The summed E-state index contributed by atoms with van der Waals surface area (Å²) in [5.41, 5.74) is 2.92. The molecule has 1 heterocycles. The van der Waals surface area contributed by atoms with E-state index in [4.69, 9.17) is 0 Å². The lowest BCUT2D eigenvalue weighted by molar-refractivity contribution is -0.118. The molecule has 7 heteroatoms. The van der Waals surface area contributed by atoms with E-state index in [0.717, 1.165) is 32.0 Å². The molecule has 0 aromatic heterocycles. The quantitative estimate of drug-likeness (QED) is 0.737. The second-order valence-electron chi connectivity index (χ2n) is 6.66. The number of aryl methyl sites for hydroxylation is 1. The van der Waals surface area contributed by atoms with Crippen molar-refractivity contribution in [3.8, 4) is 0 Å². The predicted octanol–water partition coefficient (Wildman–Crippen LogP) is 3.36. The van der Waals surface area contributed by atoms with Crippen LogP contribution in [-0.4, -0.2) is 38.3 Å². The van der Waals surface area contributed by atoms with Gasteiger partial charge < -0.3 is 4.90 Å². The van der Waals surface area contributed by atoms with Gasteiger partial charge in [-0.3, -0.25) is 4.79 Å². The van der Waals surface area contributed by atoms with Crippen LogP contribution in [0, 0.1) is 6.92 Å². The van der Waals surface area contributed by atoms with Crippen LogP contribution in [0.3, 0.4) is 0 Å². The molecule has 0 radical (unpaired) electrons. The van der Waals surface area contributed by atoms with E-state index in [9.17, 15) is 13.2 Å². The lowest BCUT2D eigenvalue weighted by atomic mass is 10.1. The van der Waals surface area contributed by atoms with Gasteiger partial charge in [-0.15, -0.1) is 0 Å². The summed E-state index contributed by atoms with van der Waals surface area (Å²) in [5, 5.41) is 0. The van der Waals surface area contributed by atoms with E-state index in [0.29, 0.717) is 0 Å². The van der Waals surface area contributed by atoms with E-state index in [-0.39, 0.29) is 23.4 Å². The van der Waals surface area contributed by atoms with Crippen LogP contribution in [0.1, 0.15) is 18.1 Å². The number of nitrogens with zero attached hydrogens (tertiary/aromatic N) is 2. The number of anilines is 1. The number of benzene rings is 2. The fourth-order valence-corrected chi connectivity index (χ4v) is 4.75. The Morgan fingerprint density at radius 2 is 1.88 bits per heavy atom. The van der Waals surface area contributed by atoms with Crippen LogP contribution in [0.2, 0.25) is 0 Å². The van der Waals surface area contributed by atoms with Gasteiger partial charge in [0.15, 0.2) is 0 Å². The Morgan fingerprint density at radius 1 is 1.23 bits per heavy atom. The molecule has 2 aromatic carbocycles. The molecule has 0 fully saturated rings. The number of rotatable bonds is 4. The summed E-state index contributed by atoms with van der Waals surface area (Å²) in [6.07, 6.45) is 0.759. The molecular formula is C19H21BrN2O3S. The monoisotopic (exact) mass is 436 g/mol. The Labute approximate surface area is 162 Å². The van der Waals surface area contributed by atoms with E-state index in [1.165, 1.54) is 7.05 Å². The average molecular weight is 437 g/mol. The SMILES string of the molecule is Cc1ccc(S(=O)(=O)N(C)CC(=O)N2c3ccc(Br)cc3C[C@H]2C)cc1. The summed E-state index contributed by atoms with van der Waals surface area (Å²) in [7, 11) is -2.26. The number of sulfonamides is 1. The number of amides is 1. The Balaban J connectivity index is 1.81. The number of hydrogen-bond donors (Lipinski definition) is 0. The maximum Gasteiger partial charge on any atom is 0.243 e. The Kier molecular flexibility index (Phi) is 5.23. The number of halogens is 1. The second kappa shape index (κ2) is 7.13. The van der Waals surface area contributed by atoms with Gasteiger partial charge in [-0.25, -0.2) is 8.42 Å². The third kappa shape index (κ3) is 3.56. The minimum absolute atomic E-state index is 0.00211. The van der Waals surface area contributed by atoms with Crippen LogP contribution < -0.4 is 4.90 Å². The van der Waals surface area contributed by atoms with Crippen molar-refractivity contribution in [1.29, 1.82) is 0 Å². The molecular weight excluding hydrogens is 416 g/mol. The minimum Gasteiger partial charge on any atom is -0.308 e. The van der Waals surface area contributed by atoms with Crippen molar-refractivity contribution in [3.05, 3.63) is 58.1 Å². The first kappa shape index (κ1) is 19.1. The number of carbonyl (C=O) groups excluding carboxylic acids is 1. The highest BCUT2D eigenvalue weighted by molar-refractivity contribution is 9.10. The number of fused-ring (bicyclic) bond motifs is 1. The van der Waals surface area contributed by atoms with E-state index in [2.05, 4.69) is 15.9 Å². The first-order chi connectivity index (χ1) is 12.2. The molecule has 1 aliphatic rings. The first-order valence-electron chi connectivity index (χ1n) is 8.33. The lowest BCUT2D eigenvalue weighted by Gasteiger charge is -2.25. The predicted molar refractivity (Wildman–Crippen MR) is 106 cm³/mol.